The largest absolute Gasteiger partial charge is 0.487 e. The number of amides is 2. The van der Waals surface area contributed by atoms with E-state index in [1.165, 1.54) is 12.8 Å². The Hall–Kier alpha value is -4.79. The summed E-state index contributed by atoms with van der Waals surface area (Å²) in [6.45, 7) is 4.04. The molecule has 0 bridgehead atoms. The minimum atomic E-state index is -1.09. The van der Waals surface area contributed by atoms with Crippen LogP contribution in [0, 0.1) is 5.92 Å². The first-order valence-electron chi connectivity index (χ1n) is 14.9. The summed E-state index contributed by atoms with van der Waals surface area (Å²) in [7, 11) is 2.04. The van der Waals surface area contributed by atoms with Crippen LogP contribution in [-0.2, 0) is 26.6 Å². The molecule has 2 aromatic heterocycles. The Balaban J connectivity index is 1.26. The molecule has 2 N–H and O–H groups in total. The molecule has 9 nitrogen and oxygen atoms in total. The van der Waals surface area contributed by atoms with Gasteiger partial charge < -0.3 is 29.2 Å². The van der Waals surface area contributed by atoms with Crippen LogP contribution in [0.3, 0.4) is 0 Å². The molecule has 2 aliphatic rings. The number of nitrogens with zero attached hydrogens (tertiary/aromatic N) is 4. The summed E-state index contributed by atoms with van der Waals surface area (Å²) < 4.78 is 10.9. The van der Waals surface area contributed by atoms with Crippen molar-refractivity contribution >= 4 is 33.9 Å². The van der Waals surface area contributed by atoms with Crippen LogP contribution in [0.1, 0.15) is 41.3 Å². The average Bonchev–Trinajstić information content (AvgIpc) is 3.66. The Morgan fingerprint density at radius 1 is 1.12 bits per heavy atom. The molecule has 0 saturated heterocycles. The molecule has 7 rings (SSSR count). The Bertz CT molecular complexity index is 1850. The number of hydrogen-bond acceptors (Lipinski definition) is 4. The zero-order valence-electron chi connectivity index (χ0n) is 24.4. The van der Waals surface area contributed by atoms with Gasteiger partial charge in [0.1, 0.15) is 12.4 Å². The molecule has 1 aliphatic carbocycles. The minimum absolute atomic E-state index is 0.0857. The molecule has 43 heavy (non-hydrogen) atoms. The van der Waals surface area contributed by atoms with Gasteiger partial charge >= 0.3 is 6.09 Å². The van der Waals surface area contributed by atoms with Gasteiger partial charge in [0.25, 0.3) is 5.91 Å². The molecule has 1 aliphatic heterocycles. The molecule has 2 amide bonds. The fourth-order valence-electron chi connectivity index (χ4n) is 6.28. The Kier molecular flexibility index (Phi) is 6.80. The third kappa shape index (κ3) is 5.20. The van der Waals surface area contributed by atoms with E-state index < -0.39 is 6.09 Å². The van der Waals surface area contributed by atoms with Gasteiger partial charge in [0.15, 0.2) is 5.82 Å². The Morgan fingerprint density at radius 3 is 2.70 bits per heavy atom. The average molecular weight is 578 g/mol. The molecule has 9 heteroatoms. The zero-order valence-corrected chi connectivity index (χ0v) is 24.4. The molecule has 220 valence electrons. The van der Waals surface area contributed by atoms with E-state index in [0.717, 1.165) is 56.9 Å². The van der Waals surface area contributed by atoms with Crippen LogP contribution in [0.25, 0.3) is 33.5 Å². The van der Waals surface area contributed by atoms with Crippen molar-refractivity contribution in [1.29, 1.82) is 0 Å². The monoisotopic (exact) mass is 577 g/mol. The van der Waals surface area contributed by atoms with Crippen LogP contribution in [0.4, 0.5) is 4.79 Å². The molecule has 3 heterocycles. The summed E-state index contributed by atoms with van der Waals surface area (Å²) in [5, 5.41) is 12.6. The number of rotatable bonds is 9. The predicted molar refractivity (Wildman–Crippen MR) is 165 cm³/mol. The lowest BCUT2D eigenvalue weighted by Crippen LogP contribution is -2.46. The molecule has 1 fully saturated rings. The van der Waals surface area contributed by atoms with E-state index >= 15 is 0 Å². The van der Waals surface area contributed by atoms with E-state index in [9.17, 15) is 9.59 Å². The number of benzene rings is 3. The van der Waals surface area contributed by atoms with Crippen molar-refractivity contribution in [2.75, 3.05) is 13.1 Å². The number of nitrogens with one attached hydrogen (secondary N) is 1. The maximum absolute atomic E-state index is 13.4. The summed E-state index contributed by atoms with van der Waals surface area (Å²) in [4.78, 5) is 31.3. The van der Waals surface area contributed by atoms with E-state index in [1.807, 2.05) is 43.4 Å². The van der Waals surface area contributed by atoms with Gasteiger partial charge in [-0.2, -0.15) is 0 Å². The van der Waals surface area contributed by atoms with Crippen LogP contribution in [0.2, 0.25) is 0 Å². The second-order valence-electron chi connectivity index (χ2n) is 11.9. The number of imidazole rings is 1. The highest BCUT2D eigenvalue weighted by molar-refractivity contribution is 6.01. The lowest BCUT2D eigenvalue weighted by atomic mass is 9.97. The van der Waals surface area contributed by atoms with Crippen molar-refractivity contribution in [3.8, 4) is 17.3 Å². The first kappa shape index (κ1) is 27.1. The highest BCUT2D eigenvalue weighted by Crippen LogP contribution is 2.39. The molecular weight excluding hydrogens is 542 g/mol. The second kappa shape index (κ2) is 10.8. The van der Waals surface area contributed by atoms with Crippen molar-refractivity contribution < 1.29 is 19.4 Å². The fraction of sp³-hybridized carbons (Fsp3) is 0.324. The zero-order chi connectivity index (χ0) is 29.7. The van der Waals surface area contributed by atoms with Crippen LogP contribution < -0.4 is 10.1 Å². The first-order valence-corrected chi connectivity index (χ1v) is 14.9. The third-order valence-electron chi connectivity index (χ3n) is 8.63. The van der Waals surface area contributed by atoms with E-state index in [-0.39, 0.29) is 11.9 Å². The van der Waals surface area contributed by atoms with Crippen LogP contribution in [0.5, 0.6) is 5.75 Å². The van der Waals surface area contributed by atoms with Gasteiger partial charge in [0.2, 0.25) is 0 Å². The van der Waals surface area contributed by atoms with Crippen molar-refractivity contribution in [3.05, 3.63) is 83.4 Å². The number of para-hydroxylation sites is 1. The normalized spacial score (nSPS) is 15.6. The fourth-order valence-corrected chi connectivity index (χ4v) is 6.28. The summed E-state index contributed by atoms with van der Waals surface area (Å²) in [5.41, 5.74) is 6.64. The van der Waals surface area contributed by atoms with Gasteiger partial charge in [0, 0.05) is 43.7 Å². The SMILES string of the molecule is CC(CN1CCc2cc3c(cc2C1=O)nc(-c1cc2cccc(OCc4ccccc4)c2n1CC1CC1)n3C)NC(=O)O. The lowest BCUT2D eigenvalue weighted by molar-refractivity contribution is 0.0723. The second-order valence-corrected chi connectivity index (χ2v) is 11.9. The molecule has 3 aromatic carbocycles. The smallest absolute Gasteiger partial charge is 0.404 e. The lowest BCUT2D eigenvalue weighted by Gasteiger charge is -2.30. The van der Waals surface area contributed by atoms with E-state index in [1.54, 1.807) is 11.8 Å². The van der Waals surface area contributed by atoms with Crippen LogP contribution in [-0.4, -0.2) is 55.3 Å². The van der Waals surface area contributed by atoms with Crippen molar-refractivity contribution in [1.82, 2.24) is 24.3 Å². The Morgan fingerprint density at radius 2 is 1.93 bits per heavy atom. The number of fused-ring (bicyclic) bond motifs is 3. The van der Waals surface area contributed by atoms with E-state index in [0.29, 0.717) is 37.6 Å². The van der Waals surface area contributed by atoms with Crippen molar-refractivity contribution in [2.45, 2.75) is 45.4 Å². The van der Waals surface area contributed by atoms with E-state index in [2.05, 4.69) is 44.8 Å². The number of aryl methyl sites for hydroxylation is 1. The minimum Gasteiger partial charge on any atom is -0.487 e. The number of carboxylic acid groups (broad SMARTS) is 1. The highest BCUT2D eigenvalue weighted by Gasteiger charge is 2.29. The number of aromatic nitrogens is 3. The van der Waals surface area contributed by atoms with Gasteiger partial charge in [0.05, 0.1) is 22.2 Å². The number of carbonyl (C=O) groups excluding carboxylic acids is 1. The molecule has 1 saturated carbocycles. The van der Waals surface area contributed by atoms with Crippen LogP contribution in [0.15, 0.2) is 66.7 Å². The van der Waals surface area contributed by atoms with Gasteiger partial charge in [-0.25, -0.2) is 9.78 Å². The number of ether oxygens (including phenoxy) is 1. The number of carbonyl (C=O) groups is 2. The molecule has 1 atom stereocenters. The molecule has 1 unspecified atom stereocenters. The van der Waals surface area contributed by atoms with Gasteiger partial charge in [-0.1, -0.05) is 42.5 Å². The number of hydrogen-bond donors (Lipinski definition) is 2. The van der Waals surface area contributed by atoms with Gasteiger partial charge in [-0.15, -0.1) is 0 Å². The third-order valence-corrected chi connectivity index (χ3v) is 8.63. The molecule has 0 radical (unpaired) electrons. The van der Waals surface area contributed by atoms with Crippen molar-refractivity contribution in [3.63, 3.8) is 0 Å². The molecular formula is C34H35N5O4. The maximum Gasteiger partial charge on any atom is 0.404 e. The maximum atomic E-state index is 13.4. The van der Waals surface area contributed by atoms with Crippen molar-refractivity contribution in [2.24, 2.45) is 13.0 Å². The summed E-state index contributed by atoms with van der Waals surface area (Å²) in [6, 6.07) is 22.3. The molecule has 5 aromatic rings. The quantitative estimate of drug-likeness (QED) is 0.229. The predicted octanol–water partition coefficient (Wildman–Crippen LogP) is 5.84. The Labute approximate surface area is 249 Å². The van der Waals surface area contributed by atoms with Gasteiger partial charge in [-0.05, 0) is 67.5 Å². The topological polar surface area (TPSA) is 102 Å². The first-order chi connectivity index (χ1) is 20.9. The van der Waals surface area contributed by atoms with Crippen LogP contribution >= 0.6 is 0 Å². The standard InChI is InChI=1S/C34H35N5O4/c1-21(35-34(41)42)18-38-14-13-24-15-28-27(17-26(24)33(38)40)36-32(37(28)2)29-16-25-9-6-10-30(31(25)39(29)19-22-11-12-22)43-20-23-7-4-3-5-8-23/h3-10,15-17,21-22,35H,11-14,18-20H2,1-2H3,(H,41,42). The summed E-state index contributed by atoms with van der Waals surface area (Å²) in [6.07, 6.45) is 2.07. The molecule has 0 spiro atoms. The highest BCUT2D eigenvalue weighted by atomic mass is 16.5. The van der Waals surface area contributed by atoms with E-state index in [4.69, 9.17) is 14.8 Å². The summed E-state index contributed by atoms with van der Waals surface area (Å²) >= 11 is 0. The summed E-state index contributed by atoms with van der Waals surface area (Å²) in [5.74, 6) is 2.27. The van der Waals surface area contributed by atoms with Gasteiger partial charge in [-0.3, -0.25) is 4.79 Å².